The van der Waals surface area contributed by atoms with E-state index >= 15 is 0 Å². The first-order valence-corrected chi connectivity index (χ1v) is 5.32. The van der Waals surface area contributed by atoms with Crippen LogP contribution in [0.3, 0.4) is 0 Å². The number of aromatic nitrogens is 3. The third kappa shape index (κ3) is 3.58. The molecule has 5 nitrogen and oxygen atoms in total. The van der Waals surface area contributed by atoms with Crippen LogP contribution in [0.4, 0.5) is 0 Å². The van der Waals surface area contributed by atoms with E-state index in [4.69, 9.17) is 4.84 Å². The predicted octanol–water partition coefficient (Wildman–Crippen LogP) is 1.44. The Morgan fingerprint density at radius 1 is 1.06 bits per heavy atom. The van der Waals surface area contributed by atoms with E-state index in [1.54, 1.807) is 12.2 Å². The number of hydrogen-bond donors (Lipinski definition) is 0. The molecular weight excluding hydrogens is 216 g/mol. The van der Waals surface area contributed by atoms with Gasteiger partial charge in [-0.25, -0.2) is 15.0 Å². The van der Waals surface area contributed by atoms with Crippen LogP contribution in [0.1, 0.15) is 11.4 Å². The average Bonchev–Trinajstić information content (AvgIpc) is 2.40. The zero-order valence-corrected chi connectivity index (χ0v) is 9.65. The normalized spacial score (nSPS) is 10.7. The molecule has 0 aliphatic rings. The standard InChI is InChI=1S/C12H14N4O/c1-17-16(7-11-5-3-2-4-6-11)8-12-14-9-13-10-15-12/h2-6,9-10H,7-8H2,1H3. The Balaban J connectivity index is 1.98. The van der Waals surface area contributed by atoms with E-state index in [1.165, 1.54) is 18.2 Å². The van der Waals surface area contributed by atoms with Crippen LogP contribution in [0.25, 0.3) is 0 Å². The summed E-state index contributed by atoms with van der Waals surface area (Å²) in [7, 11) is 1.64. The topological polar surface area (TPSA) is 51.1 Å². The molecule has 0 fully saturated rings. The number of hydroxylamine groups is 2. The third-order valence-corrected chi connectivity index (χ3v) is 2.32. The molecule has 0 amide bonds. The summed E-state index contributed by atoms with van der Waals surface area (Å²) in [6.45, 7) is 1.23. The van der Waals surface area contributed by atoms with Gasteiger partial charge < -0.3 is 4.84 Å². The molecule has 1 aromatic heterocycles. The Labute approximate surface area is 100 Å². The Morgan fingerprint density at radius 3 is 2.41 bits per heavy atom. The van der Waals surface area contributed by atoms with Crippen molar-refractivity contribution in [1.29, 1.82) is 0 Å². The highest BCUT2D eigenvalue weighted by molar-refractivity contribution is 5.14. The fraction of sp³-hybridized carbons (Fsp3) is 0.250. The van der Waals surface area contributed by atoms with Gasteiger partial charge in [-0.05, 0) is 5.56 Å². The van der Waals surface area contributed by atoms with Gasteiger partial charge in [0.1, 0.15) is 18.5 Å². The van der Waals surface area contributed by atoms with Crippen molar-refractivity contribution < 1.29 is 4.84 Å². The van der Waals surface area contributed by atoms with Crippen LogP contribution >= 0.6 is 0 Å². The van der Waals surface area contributed by atoms with Crippen molar-refractivity contribution in [2.75, 3.05) is 7.11 Å². The summed E-state index contributed by atoms with van der Waals surface area (Å²) in [5.74, 6) is 0.692. The quantitative estimate of drug-likeness (QED) is 0.727. The molecule has 0 aliphatic heterocycles. The van der Waals surface area contributed by atoms with Crippen LogP contribution < -0.4 is 0 Å². The molecular formula is C12H14N4O. The maximum absolute atomic E-state index is 5.29. The molecule has 1 aromatic carbocycles. The molecule has 0 unspecified atom stereocenters. The Morgan fingerprint density at radius 2 is 1.76 bits per heavy atom. The van der Waals surface area contributed by atoms with E-state index in [1.807, 2.05) is 18.2 Å². The molecule has 5 heteroatoms. The van der Waals surface area contributed by atoms with Crippen LogP contribution in [0.2, 0.25) is 0 Å². The van der Waals surface area contributed by atoms with Gasteiger partial charge in [-0.1, -0.05) is 30.3 Å². The average molecular weight is 230 g/mol. The van der Waals surface area contributed by atoms with Gasteiger partial charge in [-0.15, -0.1) is 0 Å². The monoisotopic (exact) mass is 230 g/mol. The van der Waals surface area contributed by atoms with Crippen LogP contribution in [0, 0.1) is 0 Å². The Kier molecular flexibility index (Phi) is 4.12. The molecule has 0 N–H and O–H groups in total. The zero-order valence-electron chi connectivity index (χ0n) is 9.65. The summed E-state index contributed by atoms with van der Waals surface area (Å²) in [6.07, 6.45) is 2.97. The van der Waals surface area contributed by atoms with Crippen molar-refractivity contribution in [2.24, 2.45) is 0 Å². The first-order valence-electron chi connectivity index (χ1n) is 5.32. The fourth-order valence-corrected chi connectivity index (χ4v) is 1.47. The molecule has 1 heterocycles. The minimum absolute atomic E-state index is 0.536. The molecule has 88 valence electrons. The van der Waals surface area contributed by atoms with Gasteiger partial charge in [0, 0.05) is 6.54 Å². The van der Waals surface area contributed by atoms with Crippen molar-refractivity contribution in [3.63, 3.8) is 0 Å². The van der Waals surface area contributed by atoms with Gasteiger partial charge in [-0.3, -0.25) is 0 Å². The maximum Gasteiger partial charge on any atom is 0.148 e. The van der Waals surface area contributed by atoms with E-state index in [0.717, 1.165) is 0 Å². The summed E-state index contributed by atoms with van der Waals surface area (Å²) < 4.78 is 0. The predicted molar refractivity (Wildman–Crippen MR) is 62.5 cm³/mol. The lowest BCUT2D eigenvalue weighted by molar-refractivity contribution is -0.148. The second-order valence-electron chi connectivity index (χ2n) is 3.52. The van der Waals surface area contributed by atoms with Crippen molar-refractivity contribution in [3.05, 3.63) is 54.4 Å². The SMILES string of the molecule is CON(Cc1ccccc1)Cc1ncncn1. The molecule has 17 heavy (non-hydrogen) atoms. The summed E-state index contributed by atoms with van der Waals surface area (Å²) >= 11 is 0. The molecule has 0 saturated heterocycles. The molecule has 0 atom stereocenters. The third-order valence-electron chi connectivity index (χ3n) is 2.32. The van der Waals surface area contributed by atoms with E-state index in [2.05, 4.69) is 27.1 Å². The molecule has 0 radical (unpaired) electrons. The smallest absolute Gasteiger partial charge is 0.148 e. The number of rotatable bonds is 5. The van der Waals surface area contributed by atoms with E-state index in [-0.39, 0.29) is 0 Å². The fourth-order valence-electron chi connectivity index (χ4n) is 1.47. The van der Waals surface area contributed by atoms with E-state index < -0.39 is 0 Å². The zero-order chi connectivity index (χ0) is 11.9. The van der Waals surface area contributed by atoms with Crippen molar-refractivity contribution in [2.45, 2.75) is 13.1 Å². The first-order chi connectivity index (χ1) is 8.38. The van der Waals surface area contributed by atoms with Crippen LogP contribution in [-0.4, -0.2) is 27.1 Å². The highest BCUT2D eigenvalue weighted by Gasteiger charge is 2.07. The lowest BCUT2D eigenvalue weighted by atomic mass is 10.2. The van der Waals surface area contributed by atoms with Crippen molar-refractivity contribution in [1.82, 2.24) is 20.0 Å². The van der Waals surface area contributed by atoms with Gasteiger partial charge in [-0.2, -0.15) is 5.06 Å². The summed E-state index contributed by atoms with van der Waals surface area (Å²) in [4.78, 5) is 17.2. The molecule has 0 aliphatic carbocycles. The van der Waals surface area contributed by atoms with Gasteiger partial charge in [0.2, 0.25) is 0 Å². The lowest BCUT2D eigenvalue weighted by Gasteiger charge is -2.18. The first kappa shape index (κ1) is 11.6. The maximum atomic E-state index is 5.29. The number of nitrogens with zero attached hydrogens (tertiary/aromatic N) is 4. The van der Waals surface area contributed by atoms with Gasteiger partial charge in [0.05, 0.1) is 13.7 Å². The minimum Gasteiger partial charge on any atom is -0.302 e. The van der Waals surface area contributed by atoms with Gasteiger partial charge >= 0.3 is 0 Å². The molecule has 0 spiro atoms. The van der Waals surface area contributed by atoms with E-state index in [9.17, 15) is 0 Å². The highest BCUT2D eigenvalue weighted by Crippen LogP contribution is 2.06. The second kappa shape index (κ2) is 6.03. The van der Waals surface area contributed by atoms with E-state index in [0.29, 0.717) is 18.9 Å². The Bertz CT molecular complexity index is 393. The van der Waals surface area contributed by atoms with Crippen LogP contribution in [-0.2, 0) is 17.9 Å². The highest BCUT2D eigenvalue weighted by atomic mass is 16.7. The van der Waals surface area contributed by atoms with Crippen LogP contribution in [0.15, 0.2) is 43.0 Å². The summed E-state index contributed by atoms with van der Waals surface area (Å²) in [5, 5.41) is 1.80. The molecule has 0 saturated carbocycles. The van der Waals surface area contributed by atoms with Crippen molar-refractivity contribution in [3.8, 4) is 0 Å². The van der Waals surface area contributed by atoms with Gasteiger partial charge in [0.15, 0.2) is 0 Å². The molecule has 2 rings (SSSR count). The van der Waals surface area contributed by atoms with Gasteiger partial charge in [0.25, 0.3) is 0 Å². The number of benzene rings is 1. The van der Waals surface area contributed by atoms with Crippen LogP contribution in [0.5, 0.6) is 0 Å². The van der Waals surface area contributed by atoms with Crippen molar-refractivity contribution >= 4 is 0 Å². The summed E-state index contributed by atoms with van der Waals surface area (Å²) in [6, 6.07) is 10.1. The molecule has 0 bridgehead atoms. The minimum atomic E-state index is 0.536. The molecule has 2 aromatic rings. The summed E-state index contributed by atoms with van der Waals surface area (Å²) in [5.41, 5.74) is 1.18. The lowest BCUT2D eigenvalue weighted by Crippen LogP contribution is -2.22. The second-order valence-corrected chi connectivity index (χ2v) is 3.52. The Hall–Kier alpha value is -1.85. The largest absolute Gasteiger partial charge is 0.302 e. The number of hydrogen-bond acceptors (Lipinski definition) is 5.